The van der Waals surface area contributed by atoms with Gasteiger partial charge in [-0.3, -0.25) is 9.59 Å². The van der Waals surface area contributed by atoms with Gasteiger partial charge in [-0.05, 0) is 18.6 Å². The Morgan fingerprint density at radius 2 is 1.88 bits per heavy atom. The van der Waals surface area contributed by atoms with Crippen molar-refractivity contribution < 1.29 is 19.4 Å². The molecule has 0 aromatic heterocycles. The van der Waals surface area contributed by atoms with Gasteiger partial charge in [0.2, 0.25) is 0 Å². The molecule has 16 heavy (non-hydrogen) atoms. The van der Waals surface area contributed by atoms with E-state index >= 15 is 0 Å². The largest absolute Gasteiger partial charge is 0.494 e. The van der Waals surface area contributed by atoms with E-state index in [2.05, 4.69) is 0 Å². The molecule has 0 saturated heterocycles. The number of carbonyl (C=O) groups is 2. The number of carboxylic acids is 1. The van der Waals surface area contributed by atoms with E-state index in [-0.39, 0.29) is 12.2 Å². The van der Waals surface area contributed by atoms with Gasteiger partial charge in [-0.15, -0.1) is 0 Å². The quantitative estimate of drug-likeness (QED) is 0.565. The topological polar surface area (TPSA) is 63.6 Å². The number of hydrogen-bond acceptors (Lipinski definition) is 3. The highest BCUT2D eigenvalue weighted by Gasteiger charge is 2.06. The van der Waals surface area contributed by atoms with Crippen molar-refractivity contribution in [2.45, 2.75) is 19.3 Å². The Balaban J connectivity index is 2.13. The standard InChI is InChI=1S/C12H14O4/c13-10(9-12(14)15)5-4-8-16-11-6-2-1-3-7-11/h1-3,6-7H,4-5,8-9H2,(H,14,15). The zero-order chi connectivity index (χ0) is 11.8. The highest BCUT2D eigenvalue weighted by molar-refractivity contribution is 5.94. The van der Waals surface area contributed by atoms with Crippen molar-refractivity contribution in [3.8, 4) is 5.75 Å². The lowest BCUT2D eigenvalue weighted by Gasteiger charge is -2.04. The molecule has 0 aliphatic heterocycles. The van der Waals surface area contributed by atoms with Crippen molar-refractivity contribution in [2.75, 3.05) is 6.61 Å². The minimum atomic E-state index is -1.08. The van der Waals surface area contributed by atoms with Crippen LogP contribution in [0.1, 0.15) is 19.3 Å². The Morgan fingerprint density at radius 3 is 2.50 bits per heavy atom. The van der Waals surface area contributed by atoms with Gasteiger partial charge in [-0.25, -0.2) is 0 Å². The van der Waals surface area contributed by atoms with Gasteiger partial charge in [0, 0.05) is 6.42 Å². The summed E-state index contributed by atoms with van der Waals surface area (Å²) in [5.74, 6) is -0.577. The summed E-state index contributed by atoms with van der Waals surface area (Å²) >= 11 is 0. The van der Waals surface area contributed by atoms with Crippen LogP contribution in [0.3, 0.4) is 0 Å². The fourth-order valence-corrected chi connectivity index (χ4v) is 1.23. The molecule has 0 aliphatic carbocycles. The summed E-state index contributed by atoms with van der Waals surface area (Å²) < 4.78 is 5.36. The van der Waals surface area contributed by atoms with Crippen LogP contribution in [0.15, 0.2) is 30.3 Å². The molecule has 4 nitrogen and oxygen atoms in total. The van der Waals surface area contributed by atoms with Crippen molar-refractivity contribution in [3.05, 3.63) is 30.3 Å². The molecule has 0 heterocycles. The monoisotopic (exact) mass is 222 g/mol. The fraction of sp³-hybridized carbons (Fsp3) is 0.333. The van der Waals surface area contributed by atoms with Gasteiger partial charge in [-0.1, -0.05) is 18.2 Å². The molecule has 4 heteroatoms. The molecular formula is C12H14O4. The van der Waals surface area contributed by atoms with Crippen LogP contribution in [0, 0.1) is 0 Å². The number of hydrogen-bond donors (Lipinski definition) is 1. The summed E-state index contributed by atoms with van der Waals surface area (Å²) in [5, 5.41) is 8.37. The number of ether oxygens (including phenoxy) is 1. The van der Waals surface area contributed by atoms with Gasteiger partial charge in [0.25, 0.3) is 0 Å². The van der Waals surface area contributed by atoms with E-state index in [0.717, 1.165) is 5.75 Å². The zero-order valence-electron chi connectivity index (χ0n) is 8.89. The van der Waals surface area contributed by atoms with Crippen LogP contribution in [0.25, 0.3) is 0 Å². The minimum Gasteiger partial charge on any atom is -0.494 e. The molecule has 1 rings (SSSR count). The summed E-state index contributed by atoms with van der Waals surface area (Å²) in [6.45, 7) is 0.426. The summed E-state index contributed by atoms with van der Waals surface area (Å²) in [5.41, 5.74) is 0. The lowest BCUT2D eigenvalue weighted by atomic mass is 10.2. The maximum absolute atomic E-state index is 11.0. The van der Waals surface area contributed by atoms with E-state index in [9.17, 15) is 9.59 Å². The zero-order valence-corrected chi connectivity index (χ0v) is 8.89. The smallest absolute Gasteiger partial charge is 0.310 e. The summed E-state index contributed by atoms with van der Waals surface area (Å²) in [6.07, 6.45) is 0.394. The van der Waals surface area contributed by atoms with E-state index in [4.69, 9.17) is 9.84 Å². The highest BCUT2D eigenvalue weighted by Crippen LogP contribution is 2.09. The molecule has 0 spiro atoms. The molecule has 0 atom stereocenters. The van der Waals surface area contributed by atoms with Crippen LogP contribution in [0.2, 0.25) is 0 Å². The SMILES string of the molecule is O=C(O)CC(=O)CCCOc1ccccc1. The van der Waals surface area contributed by atoms with Crippen molar-refractivity contribution >= 4 is 11.8 Å². The maximum Gasteiger partial charge on any atom is 0.310 e. The molecule has 0 saturated carbocycles. The lowest BCUT2D eigenvalue weighted by molar-refractivity contribution is -0.140. The van der Waals surface area contributed by atoms with Crippen molar-refractivity contribution in [2.24, 2.45) is 0 Å². The van der Waals surface area contributed by atoms with Gasteiger partial charge in [0.15, 0.2) is 0 Å². The predicted molar refractivity (Wildman–Crippen MR) is 58.4 cm³/mol. The number of benzene rings is 1. The number of carboxylic acid groups (broad SMARTS) is 1. The first-order valence-electron chi connectivity index (χ1n) is 5.10. The first kappa shape index (κ1) is 12.2. The Labute approximate surface area is 93.9 Å². The molecular weight excluding hydrogens is 208 g/mol. The Hall–Kier alpha value is -1.84. The molecule has 86 valence electrons. The van der Waals surface area contributed by atoms with E-state index in [0.29, 0.717) is 13.0 Å². The second kappa shape index (κ2) is 6.61. The molecule has 0 radical (unpaired) electrons. The van der Waals surface area contributed by atoms with E-state index < -0.39 is 12.4 Å². The molecule has 0 amide bonds. The third-order valence-electron chi connectivity index (χ3n) is 1.96. The van der Waals surface area contributed by atoms with Gasteiger partial charge in [0.05, 0.1) is 6.61 Å². The average molecular weight is 222 g/mol. The van der Waals surface area contributed by atoms with E-state index in [1.54, 1.807) is 0 Å². The Kier molecular flexibility index (Phi) is 5.05. The third kappa shape index (κ3) is 5.14. The number of rotatable bonds is 7. The number of Topliss-reactive ketones (excluding diaryl/α,β-unsaturated/α-hetero) is 1. The minimum absolute atomic E-state index is 0.249. The van der Waals surface area contributed by atoms with Gasteiger partial charge in [-0.2, -0.15) is 0 Å². The lowest BCUT2D eigenvalue weighted by Crippen LogP contribution is -2.08. The first-order valence-corrected chi connectivity index (χ1v) is 5.10. The second-order valence-corrected chi connectivity index (χ2v) is 3.37. The number of aliphatic carboxylic acids is 1. The molecule has 0 aliphatic rings. The van der Waals surface area contributed by atoms with Gasteiger partial charge >= 0.3 is 5.97 Å². The van der Waals surface area contributed by atoms with Crippen LogP contribution in [0.5, 0.6) is 5.75 Å². The summed E-state index contributed by atoms with van der Waals surface area (Å²) in [7, 11) is 0. The maximum atomic E-state index is 11.0. The Bertz CT molecular complexity index is 345. The molecule has 0 unspecified atom stereocenters. The highest BCUT2D eigenvalue weighted by atomic mass is 16.5. The molecule has 1 aromatic carbocycles. The van der Waals surface area contributed by atoms with Crippen molar-refractivity contribution in [1.29, 1.82) is 0 Å². The van der Waals surface area contributed by atoms with Crippen LogP contribution in [0.4, 0.5) is 0 Å². The van der Waals surface area contributed by atoms with Crippen molar-refractivity contribution in [1.82, 2.24) is 0 Å². The first-order chi connectivity index (χ1) is 7.68. The van der Waals surface area contributed by atoms with Crippen LogP contribution < -0.4 is 4.74 Å². The normalized spacial score (nSPS) is 9.75. The van der Waals surface area contributed by atoms with Gasteiger partial charge < -0.3 is 9.84 Å². The van der Waals surface area contributed by atoms with Crippen LogP contribution in [-0.4, -0.2) is 23.5 Å². The average Bonchev–Trinajstić information content (AvgIpc) is 2.25. The van der Waals surface area contributed by atoms with E-state index in [1.807, 2.05) is 30.3 Å². The third-order valence-corrected chi connectivity index (χ3v) is 1.96. The molecule has 1 N–H and O–H groups in total. The summed E-state index contributed by atoms with van der Waals surface area (Å²) in [6, 6.07) is 9.29. The predicted octanol–water partition coefficient (Wildman–Crippen LogP) is 1.89. The second-order valence-electron chi connectivity index (χ2n) is 3.37. The molecule has 1 aromatic rings. The molecule has 0 bridgehead atoms. The van der Waals surface area contributed by atoms with Gasteiger partial charge in [0.1, 0.15) is 18.0 Å². The Morgan fingerprint density at radius 1 is 1.19 bits per heavy atom. The van der Waals surface area contributed by atoms with Crippen LogP contribution >= 0.6 is 0 Å². The number of carbonyl (C=O) groups excluding carboxylic acids is 1. The fourth-order valence-electron chi connectivity index (χ4n) is 1.23. The molecule has 0 fully saturated rings. The van der Waals surface area contributed by atoms with E-state index in [1.165, 1.54) is 0 Å². The summed E-state index contributed by atoms with van der Waals surface area (Å²) in [4.78, 5) is 21.2. The number of para-hydroxylation sites is 1. The number of ketones is 1. The van der Waals surface area contributed by atoms with Crippen molar-refractivity contribution in [3.63, 3.8) is 0 Å². The van der Waals surface area contributed by atoms with Crippen LogP contribution in [-0.2, 0) is 9.59 Å².